The molecule has 0 aliphatic carbocycles. The molecule has 0 spiro atoms. The van der Waals surface area contributed by atoms with Gasteiger partial charge in [-0.2, -0.15) is 0 Å². The first-order chi connectivity index (χ1) is 6.00. The van der Waals surface area contributed by atoms with E-state index in [0.29, 0.717) is 6.42 Å². The first kappa shape index (κ1) is 12.4. The molecule has 0 fully saturated rings. The van der Waals surface area contributed by atoms with Crippen LogP contribution in [0.2, 0.25) is 0 Å². The van der Waals surface area contributed by atoms with Crippen LogP contribution in [0.5, 0.6) is 0 Å². The average molecular weight is 187 g/mol. The maximum absolute atomic E-state index is 10.5. The molecule has 78 valence electrons. The minimum Gasteiger partial charge on any atom is -0.264 e. The van der Waals surface area contributed by atoms with Crippen LogP contribution < -0.4 is 0 Å². The molecule has 0 bridgehead atoms. The van der Waals surface area contributed by atoms with E-state index in [4.69, 9.17) is 0 Å². The first-order valence-electron chi connectivity index (χ1n) is 5.15. The van der Waals surface area contributed by atoms with E-state index in [9.17, 15) is 10.1 Å². The van der Waals surface area contributed by atoms with Gasteiger partial charge in [0.2, 0.25) is 5.54 Å². The summed E-state index contributed by atoms with van der Waals surface area (Å²) >= 11 is 0. The number of hydrogen-bond acceptors (Lipinski definition) is 2. The molecule has 0 atom stereocenters. The van der Waals surface area contributed by atoms with Crippen LogP contribution in [0, 0.1) is 10.1 Å². The van der Waals surface area contributed by atoms with Gasteiger partial charge in [0.25, 0.3) is 0 Å². The zero-order valence-corrected chi connectivity index (χ0v) is 9.01. The van der Waals surface area contributed by atoms with Gasteiger partial charge in [0, 0.05) is 25.2 Å². The van der Waals surface area contributed by atoms with Crippen molar-refractivity contribution in [2.24, 2.45) is 0 Å². The van der Waals surface area contributed by atoms with Crippen molar-refractivity contribution >= 4 is 0 Å². The van der Waals surface area contributed by atoms with Gasteiger partial charge in [0.15, 0.2) is 0 Å². The molecule has 0 radical (unpaired) electrons. The highest BCUT2D eigenvalue weighted by atomic mass is 16.6. The highest BCUT2D eigenvalue weighted by Gasteiger charge is 2.29. The fourth-order valence-electron chi connectivity index (χ4n) is 1.25. The van der Waals surface area contributed by atoms with Gasteiger partial charge in [-0.05, 0) is 6.42 Å². The van der Waals surface area contributed by atoms with Crippen molar-refractivity contribution < 1.29 is 4.92 Å². The summed E-state index contributed by atoms with van der Waals surface area (Å²) in [4.78, 5) is 10.4. The largest absolute Gasteiger partial charge is 0.264 e. The molecule has 0 aromatic carbocycles. The van der Waals surface area contributed by atoms with E-state index < -0.39 is 5.54 Å². The van der Waals surface area contributed by atoms with Crippen LogP contribution in [0.15, 0.2) is 0 Å². The highest BCUT2D eigenvalue weighted by Crippen LogP contribution is 2.17. The Morgan fingerprint density at radius 3 is 2.15 bits per heavy atom. The summed E-state index contributed by atoms with van der Waals surface area (Å²) in [5.41, 5.74) is -0.730. The van der Waals surface area contributed by atoms with Gasteiger partial charge in [-0.1, -0.05) is 32.6 Å². The Morgan fingerprint density at radius 1 is 1.15 bits per heavy atom. The van der Waals surface area contributed by atoms with Crippen LogP contribution in [0.25, 0.3) is 0 Å². The molecule has 0 heterocycles. The normalized spacial score (nSPS) is 11.6. The predicted molar refractivity (Wildman–Crippen MR) is 54.4 cm³/mol. The lowest BCUT2D eigenvalue weighted by atomic mass is 9.97. The van der Waals surface area contributed by atoms with Crippen LogP contribution in [0.3, 0.4) is 0 Å². The molecular formula is C10H21NO2. The smallest absolute Gasteiger partial charge is 0.216 e. The lowest BCUT2D eigenvalue weighted by molar-refractivity contribution is -0.561. The Balaban J connectivity index is 3.46. The molecule has 0 saturated heterocycles. The summed E-state index contributed by atoms with van der Waals surface area (Å²) in [5, 5.41) is 10.5. The van der Waals surface area contributed by atoms with Crippen LogP contribution in [0.4, 0.5) is 0 Å². The van der Waals surface area contributed by atoms with Crippen molar-refractivity contribution in [1.29, 1.82) is 0 Å². The van der Waals surface area contributed by atoms with Gasteiger partial charge in [0.1, 0.15) is 0 Å². The van der Waals surface area contributed by atoms with Crippen LogP contribution in [0.1, 0.15) is 59.3 Å². The minimum absolute atomic E-state index is 0.174. The Morgan fingerprint density at radius 2 is 1.69 bits per heavy atom. The number of rotatable bonds is 7. The van der Waals surface area contributed by atoms with E-state index in [1.54, 1.807) is 13.8 Å². The molecule has 13 heavy (non-hydrogen) atoms. The molecule has 0 aliphatic rings. The molecule has 0 saturated carbocycles. The van der Waals surface area contributed by atoms with Crippen molar-refractivity contribution in [1.82, 2.24) is 0 Å². The molecule has 0 rings (SSSR count). The third-order valence-corrected chi connectivity index (χ3v) is 2.39. The Bertz CT molecular complexity index is 155. The second-order valence-corrected chi connectivity index (χ2v) is 4.23. The van der Waals surface area contributed by atoms with Gasteiger partial charge in [0.05, 0.1) is 0 Å². The lowest BCUT2D eigenvalue weighted by Crippen LogP contribution is -2.30. The minimum atomic E-state index is -0.730. The molecule has 0 aliphatic heterocycles. The summed E-state index contributed by atoms with van der Waals surface area (Å²) in [6.45, 7) is 5.57. The third kappa shape index (κ3) is 5.61. The second-order valence-electron chi connectivity index (χ2n) is 4.23. The van der Waals surface area contributed by atoms with Gasteiger partial charge in [-0.15, -0.1) is 0 Å². The van der Waals surface area contributed by atoms with Crippen LogP contribution >= 0.6 is 0 Å². The van der Waals surface area contributed by atoms with E-state index in [-0.39, 0.29) is 4.92 Å². The van der Waals surface area contributed by atoms with Crippen LogP contribution in [-0.4, -0.2) is 10.5 Å². The van der Waals surface area contributed by atoms with E-state index in [0.717, 1.165) is 12.8 Å². The summed E-state index contributed by atoms with van der Waals surface area (Å²) < 4.78 is 0. The van der Waals surface area contributed by atoms with Gasteiger partial charge >= 0.3 is 0 Å². The number of nitro groups is 1. The van der Waals surface area contributed by atoms with E-state index in [2.05, 4.69) is 6.92 Å². The van der Waals surface area contributed by atoms with Crippen molar-refractivity contribution in [3.63, 3.8) is 0 Å². The van der Waals surface area contributed by atoms with E-state index in [1.807, 2.05) is 0 Å². The van der Waals surface area contributed by atoms with E-state index >= 15 is 0 Å². The van der Waals surface area contributed by atoms with Gasteiger partial charge in [-0.3, -0.25) is 10.1 Å². The zero-order valence-electron chi connectivity index (χ0n) is 9.01. The van der Waals surface area contributed by atoms with Gasteiger partial charge < -0.3 is 0 Å². The molecule has 0 amide bonds. The standard InChI is InChI=1S/C10H21NO2/c1-4-5-6-7-8-9-10(2,3)11(12)13/h4-9H2,1-3H3. The predicted octanol–water partition coefficient (Wildman–Crippen LogP) is 3.40. The van der Waals surface area contributed by atoms with Crippen LogP contribution in [-0.2, 0) is 0 Å². The highest BCUT2D eigenvalue weighted by molar-refractivity contribution is 4.66. The average Bonchev–Trinajstić information content (AvgIpc) is 2.03. The number of nitrogens with zero attached hydrogens (tertiary/aromatic N) is 1. The Hall–Kier alpha value is -0.600. The monoisotopic (exact) mass is 187 g/mol. The fraction of sp³-hybridized carbons (Fsp3) is 1.00. The summed E-state index contributed by atoms with van der Waals surface area (Å²) in [7, 11) is 0. The van der Waals surface area contributed by atoms with Gasteiger partial charge in [-0.25, -0.2) is 0 Å². The van der Waals surface area contributed by atoms with E-state index in [1.165, 1.54) is 19.3 Å². The maximum atomic E-state index is 10.5. The molecule has 0 aromatic heterocycles. The number of hydrogen-bond donors (Lipinski definition) is 0. The molecule has 0 unspecified atom stereocenters. The van der Waals surface area contributed by atoms with Crippen molar-refractivity contribution in [3.05, 3.63) is 10.1 Å². The fourth-order valence-corrected chi connectivity index (χ4v) is 1.25. The third-order valence-electron chi connectivity index (χ3n) is 2.39. The molecule has 0 N–H and O–H groups in total. The second kappa shape index (κ2) is 5.95. The molecule has 3 heteroatoms. The zero-order chi connectivity index (χ0) is 10.3. The van der Waals surface area contributed by atoms with Crippen molar-refractivity contribution in [3.8, 4) is 0 Å². The molecule has 3 nitrogen and oxygen atoms in total. The first-order valence-corrected chi connectivity index (χ1v) is 5.15. The Kier molecular flexibility index (Phi) is 5.67. The quantitative estimate of drug-likeness (QED) is 0.348. The topological polar surface area (TPSA) is 43.1 Å². The Labute approximate surface area is 80.7 Å². The lowest BCUT2D eigenvalue weighted by Gasteiger charge is -2.14. The number of unbranched alkanes of at least 4 members (excludes halogenated alkanes) is 4. The SMILES string of the molecule is CCCCCCCC(C)(C)[N+](=O)[O-]. The summed E-state index contributed by atoms with van der Waals surface area (Å²) in [5.74, 6) is 0. The molecular weight excluding hydrogens is 166 g/mol. The van der Waals surface area contributed by atoms with Crippen molar-refractivity contribution in [2.45, 2.75) is 64.8 Å². The maximum Gasteiger partial charge on any atom is 0.216 e. The summed E-state index contributed by atoms with van der Waals surface area (Å²) in [6.07, 6.45) is 6.49. The molecule has 0 aromatic rings. The van der Waals surface area contributed by atoms with Crippen molar-refractivity contribution in [2.75, 3.05) is 0 Å². The summed E-state index contributed by atoms with van der Waals surface area (Å²) in [6, 6.07) is 0.